The predicted molar refractivity (Wildman–Crippen MR) is 180 cm³/mol. The van der Waals surface area contributed by atoms with E-state index in [1.807, 2.05) is 11.9 Å². The fraction of sp³-hybridized carbons (Fsp3) is 0.500. The molecule has 4 aromatic rings. The lowest BCUT2D eigenvalue weighted by atomic mass is 9.94. The number of carbonyl (C=O) groups excluding carboxylic acids is 1. The van der Waals surface area contributed by atoms with Gasteiger partial charge in [-0.1, -0.05) is 0 Å². The van der Waals surface area contributed by atoms with Crippen molar-refractivity contribution < 1.29 is 27.4 Å². The van der Waals surface area contributed by atoms with Gasteiger partial charge in [-0.2, -0.15) is 5.26 Å². The number of benzene rings is 1. The quantitative estimate of drug-likeness (QED) is 0.267. The predicted octanol–water partition coefficient (Wildman–Crippen LogP) is 5.99. The maximum Gasteiger partial charge on any atom is 0.412 e. The number of fused-ring (bicyclic) bond motifs is 4. The van der Waals surface area contributed by atoms with Crippen LogP contribution in [0.4, 0.5) is 28.9 Å². The zero-order valence-corrected chi connectivity index (χ0v) is 28.8. The number of ether oxygens (including phenoxy) is 2. The van der Waals surface area contributed by atoms with Crippen LogP contribution in [0.5, 0.6) is 0 Å². The third-order valence-electron chi connectivity index (χ3n) is 9.63. The molecule has 0 unspecified atom stereocenters. The van der Waals surface area contributed by atoms with Crippen LogP contribution in [0, 0.1) is 23.0 Å². The van der Waals surface area contributed by atoms with Crippen LogP contribution < -0.4 is 10.2 Å². The van der Waals surface area contributed by atoms with Crippen molar-refractivity contribution in [1.29, 1.82) is 5.26 Å². The van der Waals surface area contributed by atoms with Gasteiger partial charge in [-0.05, 0) is 52.3 Å². The van der Waals surface area contributed by atoms with Crippen molar-refractivity contribution in [2.24, 2.45) is 0 Å². The van der Waals surface area contributed by atoms with Gasteiger partial charge < -0.3 is 19.3 Å². The van der Waals surface area contributed by atoms with Crippen molar-refractivity contribution >= 4 is 49.4 Å². The summed E-state index contributed by atoms with van der Waals surface area (Å²) in [6, 6.07) is 1.91. The van der Waals surface area contributed by atoms with Crippen molar-refractivity contribution in [3.63, 3.8) is 0 Å². The minimum atomic E-state index is -0.813. The zero-order chi connectivity index (χ0) is 34.8. The summed E-state index contributed by atoms with van der Waals surface area (Å²) in [5.74, 6) is -1.06. The van der Waals surface area contributed by atoms with Gasteiger partial charge in [-0.3, -0.25) is 15.2 Å². The molecule has 0 aliphatic carbocycles. The molecule has 3 atom stereocenters. The van der Waals surface area contributed by atoms with Gasteiger partial charge in [-0.25, -0.2) is 27.9 Å². The number of carbonyl (C=O) groups is 1. The summed E-state index contributed by atoms with van der Waals surface area (Å²) in [7, 11) is 2.00. The minimum Gasteiger partial charge on any atom is -0.444 e. The van der Waals surface area contributed by atoms with Gasteiger partial charge in [0.15, 0.2) is 11.6 Å². The molecular weight excluding hydrogens is 657 g/mol. The molecule has 1 amide bonds. The van der Waals surface area contributed by atoms with E-state index in [-0.39, 0.29) is 68.8 Å². The van der Waals surface area contributed by atoms with E-state index in [4.69, 9.17) is 14.5 Å². The Morgan fingerprint density at radius 3 is 2.69 bits per heavy atom. The maximum absolute atomic E-state index is 17.0. The Kier molecular flexibility index (Phi) is 8.63. The fourth-order valence-corrected chi connectivity index (χ4v) is 8.43. The van der Waals surface area contributed by atoms with Crippen molar-refractivity contribution in [2.75, 3.05) is 50.1 Å². The molecule has 0 bridgehead atoms. The van der Waals surface area contributed by atoms with E-state index in [2.05, 4.69) is 38.1 Å². The summed E-state index contributed by atoms with van der Waals surface area (Å²) >= 11 is 0.849. The van der Waals surface area contributed by atoms with Crippen LogP contribution in [0.3, 0.4) is 0 Å². The number of nitrogens with one attached hydrogen (secondary N) is 1. The Balaban J connectivity index is 1.32. The number of rotatable bonds is 5. The second kappa shape index (κ2) is 12.7. The highest BCUT2D eigenvalue weighted by molar-refractivity contribution is 7.23. The van der Waals surface area contributed by atoms with Crippen LogP contribution in [-0.4, -0.2) is 94.5 Å². The Bertz CT molecular complexity index is 2010. The largest absolute Gasteiger partial charge is 0.444 e. The summed E-state index contributed by atoms with van der Waals surface area (Å²) in [5.41, 5.74) is 0.495. The van der Waals surface area contributed by atoms with Gasteiger partial charge in [0, 0.05) is 60.8 Å². The lowest BCUT2D eigenvalue weighted by Gasteiger charge is -2.43. The van der Waals surface area contributed by atoms with Crippen LogP contribution in [0.25, 0.3) is 32.2 Å². The number of piperazine rings is 1. The molecule has 0 saturated carbocycles. The van der Waals surface area contributed by atoms with Crippen molar-refractivity contribution in [1.82, 2.24) is 24.8 Å². The molecule has 7 rings (SSSR count). The lowest BCUT2D eigenvalue weighted by molar-refractivity contribution is 0.0373. The van der Waals surface area contributed by atoms with E-state index in [9.17, 15) is 14.4 Å². The first-order chi connectivity index (χ1) is 23.4. The van der Waals surface area contributed by atoms with E-state index in [0.717, 1.165) is 37.0 Å². The van der Waals surface area contributed by atoms with Crippen LogP contribution in [0.1, 0.15) is 50.8 Å². The highest BCUT2D eigenvalue weighted by Gasteiger charge is 2.41. The average molecular weight is 695 g/mol. The van der Waals surface area contributed by atoms with E-state index in [0.29, 0.717) is 35.6 Å². The molecule has 3 aromatic heterocycles. The number of alkyl halides is 1. The number of nitrogens with zero attached hydrogens (tertiary/aromatic N) is 7. The number of halogens is 3. The number of anilines is 2. The van der Waals surface area contributed by atoms with Gasteiger partial charge in [0.2, 0.25) is 5.95 Å². The van der Waals surface area contributed by atoms with Crippen LogP contribution in [0.15, 0.2) is 12.4 Å². The van der Waals surface area contributed by atoms with Crippen LogP contribution in [-0.2, 0) is 22.7 Å². The van der Waals surface area contributed by atoms with E-state index >= 15 is 8.78 Å². The molecule has 6 heterocycles. The summed E-state index contributed by atoms with van der Waals surface area (Å²) in [6.45, 7) is 9.89. The molecule has 15 heteroatoms. The SMILES string of the molecule is C[C@H]1[C@@H](N2CCN(C)C[C@H]2CF)CCN1c1ncc2c3c(c(-c4ncc(F)c5sc(NC(=O)OC(C)(C)C)c(C#N)c45)c(F)c2n1)COC3. The van der Waals surface area contributed by atoms with Gasteiger partial charge >= 0.3 is 6.09 Å². The standard InChI is InChI=1S/C34H37F3N8O3S/c1-17-24(45-9-8-43(5)14-18(45)10-35)6-7-44(17)32-40-12-20-21-15-47-16-22(21)25(27(37)28(20)41-32)29-26-19(11-38)31(42-33(46)48-34(2,3)4)49-30(26)23(36)13-39-29/h12-13,17-18,24H,6-10,14-16H2,1-5H3,(H,42,46)/t17-,18+,24-/m0/s1. The zero-order valence-electron chi connectivity index (χ0n) is 27.9. The second-order valence-corrected chi connectivity index (χ2v) is 14.9. The number of thiophene rings is 1. The first-order valence-corrected chi connectivity index (χ1v) is 17.1. The Morgan fingerprint density at radius 2 is 1.96 bits per heavy atom. The van der Waals surface area contributed by atoms with Gasteiger partial charge in [0.1, 0.15) is 28.9 Å². The molecule has 2 saturated heterocycles. The number of hydrogen-bond donors (Lipinski definition) is 1. The van der Waals surface area contributed by atoms with Gasteiger partial charge in [-0.15, -0.1) is 11.3 Å². The maximum atomic E-state index is 17.0. The lowest BCUT2D eigenvalue weighted by Crippen LogP contribution is -2.58. The van der Waals surface area contributed by atoms with E-state index in [1.165, 1.54) is 0 Å². The number of aromatic nitrogens is 3. The third kappa shape index (κ3) is 5.84. The van der Waals surface area contributed by atoms with Crippen LogP contribution >= 0.6 is 11.3 Å². The Labute approximate surface area is 285 Å². The summed E-state index contributed by atoms with van der Waals surface area (Å²) < 4.78 is 57.5. The van der Waals surface area contributed by atoms with Gasteiger partial charge in [0.05, 0.1) is 41.4 Å². The number of likely N-dealkylation sites (N-methyl/N-ethyl adjacent to an activating group) is 1. The molecule has 1 aromatic carbocycles. The van der Waals surface area contributed by atoms with Crippen molar-refractivity contribution in [3.8, 4) is 17.3 Å². The molecule has 1 N–H and O–H groups in total. The highest BCUT2D eigenvalue weighted by atomic mass is 32.1. The first kappa shape index (κ1) is 33.4. The van der Waals surface area contributed by atoms with E-state index in [1.54, 1.807) is 27.0 Å². The minimum absolute atomic E-state index is 0.0376. The molecule has 0 radical (unpaired) electrons. The monoisotopic (exact) mass is 694 g/mol. The molecule has 258 valence electrons. The summed E-state index contributed by atoms with van der Waals surface area (Å²) in [4.78, 5) is 32.8. The topological polar surface area (TPSA) is 120 Å². The summed E-state index contributed by atoms with van der Waals surface area (Å²) in [6.07, 6.45) is 2.58. The van der Waals surface area contributed by atoms with Crippen molar-refractivity contribution in [3.05, 3.63) is 40.7 Å². The number of nitriles is 1. The first-order valence-electron chi connectivity index (χ1n) is 16.3. The molecular formula is C34H37F3N8O3S. The smallest absolute Gasteiger partial charge is 0.412 e. The second-order valence-electron chi connectivity index (χ2n) is 13.9. The third-order valence-corrected chi connectivity index (χ3v) is 10.7. The highest BCUT2D eigenvalue weighted by Crippen LogP contribution is 2.46. The molecule has 0 spiro atoms. The number of pyridine rings is 1. The molecule has 3 aliphatic rings. The van der Waals surface area contributed by atoms with E-state index < -0.39 is 30.0 Å². The molecule has 11 nitrogen and oxygen atoms in total. The van der Waals surface area contributed by atoms with Crippen molar-refractivity contribution in [2.45, 2.75) is 71.1 Å². The molecule has 2 fully saturated rings. The Hall–Kier alpha value is -4.10. The van der Waals surface area contributed by atoms with Gasteiger partial charge in [0.25, 0.3) is 0 Å². The normalized spacial score (nSPS) is 21.8. The van der Waals surface area contributed by atoms with Crippen LogP contribution in [0.2, 0.25) is 0 Å². The number of amides is 1. The molecule has 3 aliphatic heterocycles. The molecule has 49 heavy (non-hydrogen) atoms. The fourth-order valence-electron chi connectivity index (χ4n) is 7.39. The Morgan fingerprint density at radius 1 is 1.18 bits per heavy atom. The summed E-state index contributed by atoms with van der Waals surface area (Å²) in [5, 5.41) is 13.4. The number of hydrogen-bond acceptors (Lipinski definition) is 11. The average Bonchev–Trinajstić information content (AvgIpc) is 3.78.